The highest BCUT2D eigenvalue weighted by atomic mass is 19.1. The Morgan fingerprint density at radius 3 is 2.63 bits per heavy atom. The summed E-state index contributed by atoms with van der Waals surface area (Å²) in [6.45, 7) is 7.43. The number of aliphatic hydroxyl groups is 1. The molecule has 1 aromatic carbocycles. The average Bonchev–Trinajstić information content (AvgIpc) is 2.36. The molecule has 108 valence electrons. The van der Waals surface area contributed by atoms with E-state index in [1.54, 1.807) is 19.1 Å². The lowest BCUT2D eigenvalue weighted by Crippen LogP contribution is -2.26. The molecule has 0 aromatic heterocycles. The van der Waals surface area contributed by atoms with Gasteiger partial charge in [0, 0.05) is 25.3 Å². The molecule has 0 heterocycles. The van der Waals surface area contributed by atoms with Crippen molar-refractivity contribution in [2.75, 3.05) is 25.0 Å². The van der Waals surface area contributed by atoms with Gasteiger partial charge in [0.1, 0.15) is 5.82 Å². The highest BCUT2D eigenvalue weighted by Gasteiger charge is 2.14. The van der Waals surface area contributed by atoms with Crippen molar-refractivity contribution >= 4 is 5.69 Å². The number of halogens is 1. The van der Waals surface area contributed by atoms with Gasteiger partial charge in [0.05, 0.1) is 6.10 Å². The van der Waals surface area contributed by atoms with Crippen molar-refractivity contribution < 1.29 is 9.50 Å². The summed E-state index contributed by atoms with van der Waals surface area (Å²) in [4.78, 5) is 2.06. The second kappa shape index (κ2) is 7.46. The van der Waals surface area contributed by atoms with Gasteiger partial charge in [0.2, 0.25) is 0 Å². The van der Waals surface area contributed by atoms with Gasteiger partial charge in [0.15, 0.2) is 0 Å². The third kappa shape index (κ3) is 4.80. The molecule has 0 bridgehead atoms. The molecule has 2 N–H and O–H groups in total. The molecule has 3 nitrogen and oxygen atoms in total. The number of nitrogens with one attached hydrogen (secondary N) is 1. The quantitative estimate of drug-likeness (QED) is 0.798. The zero-order valence-corrected chi connectivity index (χ0v) is 12.3. The Morgan fingerprint density at radius 2 is 2.05 bits per heavy atom. The zero-order chi connectivity index (χ0) is 14.4. The van der Waals surface area contributed by atoms with Crippen LogP contribution in [0.4, 0.5) is 10.1 Å². The molecule has 0 aliphatic carbocycles. The molecule has 0 radical (unpaired) electrons. The van der Waals surface area contributed by atoms with Gasteiger partial charge < -0.3 is 15.3 Å². The van der Waals surface area contributed by atoms with Gasteiger partial charge in [-0.05, 0) is 50.6 Å². The third-order valence-electron chi connectivity index (χ3n) is 3.26. The Labute approximate surface area is 115 Å². The molecular formula is C15H25FN2O. The molecule has 2 unspecified atom stereocenters. The van der Waals surface area contributed by atoms with Gasteiger partial charge in [-0.1, -0.05) is 6.92 Å². The van der Waals surface area contributed by atoms with E-state index in [0.29, 0.717) is 6.42 Å². The van der Waals surface area contributed by atoms with Crippen LogP contribution in [0.25, 0.3) is 0 Å². The van der Waals surface area contributed by atoms with Crippen molar-refractivity contribution in [3.63, 3.8) is 0 Å². The SMILES string of the molecule is CCNC(C)c1cc(F)ccc1N(C)CCC(C)O. The van der Waals surface area contributed by atoms with Crippen LogP contribution in [0.5, 0.6) is 0 Å². The first-order valence-corrected chi connectivity index (χ1v) is 6.87. The van der Waals surface area contributed by atoms with Crippen LogP contribution in [0.3, 0.4) is 0 Å². The fourth-order valence-electron chi connectivity index (χ4n) is 2.14. The van der Waals surface area contributed by atoms with Crippen molar-refractivity contribution in [2.45, 2.75) is 39.3 Å². The molecule has 19 heavy (non-hydrogen) atoms. The van der Waals surface area contributed by atoms with Crippen LogP contribution in [0, 0.1) is 5.82 Å². The number of nitrogens with zero attached hydrogens (tertiary/aromatic N) is 1. The summed E-state index contributed by atoms with van der Waals surface area (Å²) in [5, 5.41) is 12.7. The minimum absolute atomic E-state index is 0.102. The Morgan fingerprint density at radius 1 is 1.37 bits per heavy atom. The summed E-state index contributed by atoms with van der Waals surface area (Å²) < 4.78 is 13.4. The lowest BCUT2D eigenvalue weighted by Gasteiger charge is -2.26. The minimum atomic E-state index is -0.322. The van der Waals surface area contributed by atoms with Crippen LogP contribution in [-0.2, 0) is 0 Å². The van der Waals surface area contributed by atoms with E-state index in [0.717, 1.165) is 24.3 Å². The maximum atomic E-state index is 13.4. The molecule has 2 atom stereocenters. The summed E-state index contributed by atoms with van der Waals surface area (Å²) >= 11 is 0. The smallest absolute Gasteiger partial charge is 0.123 e. The minimum Gasteiger partial charge on any atom is -0.393 e. The second-order valence-corrected chi connectivity index (χ2v) is 5.04. The van der Waals surface area contributed by atoms with Crippen molar-refractivity contribution in [3.8, 4) is 0 Å². The van der Waals surface area contributed by atoms with E-state index in [9.17, 15) is 9.50 Å². The van der Waals surface area contributed by atoms with Gasteiger partial charge >= 0.3 is 0 Å². The summed E-state index contributed by atoms with van der Waals surface area (Å²) in [6, 6.07) is 4.98. The largest absolute Gasteiger partial charge is 0.393 e. The van der Waals surface area contributed by atoms with Gasteiger partial charge in [-0.3, -0.25) is 0 Å². The first kappa shape index (κ1) is 15.9. The fourth-order valence-corrected chi connectivity index (χ4v) is 2.14. The number of anilines is 1. The standard InChI is InChI=1S/C15H25FN2O/c1-5-17-12(3)14-10-13(16)6-7-15(14)18(4)9-8-11(2)19/h6-7,10-12,17,19H,5,8-9H2,1-4H3. The predicted octanol–water partition coefficient (Wildman–Crippen LogP) is 2.70. The number of aliphatic hydroxyl groups excluding tert-OH is 1. The highest BCUT2D eigenvalue weighted by molar-refractivity contribution is 5.54. The molecule has 0 fully saturated rings. The molecule has 0 aliphatic heterocycles. The van der Waals surface area contributed by atoms with Crippen LogP contribution in [0.2, 0.25) is 0 Å². The van der Waals surface area contributed by atoms with E-state index in [2.05, 4.69) is 10.2 Å². The van der Waals surface area contributed by atoms with Crippen molar-refractivity contribution in [1.29, 1.82) is 0 Å². The third-order valence-corrected chi connectivity index (χ3v) is 3.26. The molecule has 0 spiro atoms. The lowest BCUT2D eigenvalue weighted by molar-refractivity contribution is 0.187. The monoisotopic (exact) mass is 268 g/mol. The number of rotatable bonds is 7. The number of hydrogen-bond acceptors (Lipinski definition) is 3. The van der Waals surface area contributed by atoms with E-state index in [4.69, 9.17) is 0 Å². The maximum absolute atomic E-state index is 13.4. The summed E-state index contributed by atoms with van der Waals surface area (Å²) in [6.07, 6.45) is 0.376. The lowest BCUT2D eigenvalue weighted by atomic mass is 10.0. The topological polar surface area (TPSA) is 35.5 Å². The van der Waals surface area contributed by atoms with Crippen LogP contribution in [0.1, 0.15) is 38.8 Å². The Kier molecular flexibility index (Phi) is 6.25. The van der Waals surface area contributed by atoms with Crippen molar-refractivity contribution in [2.24, 2.45) is 0 Å². The first-order chi connectivity index (χ1) is 8.95. The molecule has 1 rings (SSSR count). The molecule has 0 saturated heterocycles. The van der Waals surface area contributed by atoms with Crippen LogP contribution >= 0.6 is 0 Å². The Hall–Kier alpha value is -1.13. The normalized spacial score (nSPS) is 14.2. The first-order valence-electron chi connectivity index (χ1n) is 6.87. The fraction of sp³-hybridized carbons (Fsp3) is 0.600. The average molecular weight is 268 g/mol. The maximum Gasteiger partial charge on any atom is 0.123 e. The molecule has 0 aliphatic rings. The summed E-state index contributed by atoms with van der Waals surface area (Å²) in [5.74, 6) is -0.215. The summed E-state index contributed by atoms with van der Waals surface area (Å²) in [7, 11) is 1.97. The van der Waals surface area contributed by atoms with Gasteiger partial charge in [-0.25, -0.2) is 4.39 Å². The molecular weight excluding hydrogens is 243 g/mol. The van der Waals surface area contributed by atoms with E-state index in [1.807, 2.05) is 20.9 Å². The predicted molar refractivity (Wildman–Crippen MR) is 78.1 cm³/mol. The van der Waals surface area contributed by atoms with Gasteiger partial charge in [-0.15, -0.1) is 0 Å². The van der Waals surface area contributed by atoms with Crippen LogP contribution < -0.4 is 10.2 Å². The Bertz CT molecular complexity index is 396. The van der Waals surface area contributed by atoms with Gasteiger partial charge in [-0.2, -0.15) is 0 Å². The number of benzene rings is 1. The van der Waals surface area contributed by atoms with E-state index >= 15 is 0 Å². The second-order valence-electron chi connectivity index (χ2n) is 5.04. The molecule has 1 aromatic rings. The van der Waals surface area contributed by atoms with E-state index in [1.165, 1.54) is 6.07 Å². The molecule has 0 amide bonds. The number of hydrogen-bond donors (Lipinski definition) is 2. The van der Waals surface area contributed by atoms with Crippen molar-refractivity contribution in [1.82, 2.24) is 5.32 Å². The Balaban J connectivity index is 2.92. The molecule has 0 saturated carbocycles. The molecule has 4 heteroatoms. The van der Waals surface area contributed by atoms with Gasteiger partial charge in [0.25, 0.3) is 0 Å². The van der Waals surface area contributed by atoms with E-state index < -0.39 is 0 Å². The zero-order valence-electron chi connectivity index (χ0n) is 12.3. The van der Waals surface area contributed by atoms with Crippen LogP contribution in [0.15, 0.2) is 18.2 Å². The summed E-state index contributed by atoms with van der Waals surface area (Å²) in [5.41, 5.74) is 1.96. The van der Waals surface area contributed by atoms with Crippen LogP contribution in [-0.4, -0.2) is 31.3 Å². The van der Waals surface area contributed by atoms with E-state index in [-0.39, 0.29) is 18.0 Å². The highest BCUT2D eigenvalue weighted by Crippen LogP contribution is 2.26. The van der Waals surface area contributed by atoms with Crippen molar-refractivity contribution in [3.05, 3.63) is 29.6 Å².